The number of nitriles is 1. The number of amides is 1. The molecule has 0 saturated carbocycles. The van der Waals surface area contributed by atoms with Gasteiger partial charge < -0.3 is 20.6 Å². The van der Waals surface area contributed by atoms with Gasteiger partial charge in [0.2, 0.25) is 0 Å². The Labute approximate surface area is 172 Å². The van der Waals surface area contributed by atoms with Crippen molar-refractivity contribution in [1.82, 2.24) is 15.3 Å². The maximum absolute atomic E-state index is 11.6. The van der Waals surface area contributed by atoms with E-state index < -0.39 is 5.91 Å². The lowest BCUT2D eigenvalue weighted by molar-refractivity contribution is -0.161. The van der Waals surface area contributed by atoms with E-state index in [0.29, 0.717) is 17.9 Å². The molecule has 4 N–H and O–H groups in total. The number of hydrogen-bond donors (Lipinski definition) is 4. The molecule has 2 rings (SSSR count). The number of aldehydes is 1. The van der Waals surface area contributed by atoms with Gasteiger partial charge in [-0.05, 0) is 46.1 Å². The first-order valence-corrected chi connectivity index (χ1v) is 9.11. The van der Waals surface area contributed by atoms with Crippen molar-refractivity contribution in [2.75, 3.05) is 33.0 Å². The molecule has 9 heteroatoms. The molecule has 0 radical (unpaired) electrons. The lowest BCUT2D eigenvalue weighted by Gasteiger charge is -2.31. The van der Waals surface area contributed by atoms with Gasteiger partial charge in [-0.3, -0.25) is 14.8 Å². The largest absolute Gasteiger partial charge is 0.505 e. The lowest BCUT2D eigenvalue weighted by atomic mass is 10.1. The fraction of sp³-hybridized carbons (Fsp3) is 0.450. The summed E-state index contributed by atoms with van der Waals surface area (Å²) < 4.78 is 0. The van der Waals surface area contributed by atoms with Gasteiger partial charge in [-0.25, -0.2) is 0 Å². The zero-order valence-corrected chi connectivity index (χ0v) is 18.1. The maximum atomic E-state index is 11.6. The van der Waals surface area contributed by atoms with Crippen molar-refractivity contribution in [2.45, 2.75) is 27.7 Å². The van der Waals surface area contributed by atoms with Gasteiger partial charge >= 0.3 is 5.91 Å². The Morgan fingerprint density at radius 1 is 1.28 bits per heavy atom. The molecule has 160 valence electrons. The van der Waals surface area contributed by atoms with Crippen molar-refractivity contribution < 1.29 is 19.9 Å². The average molecular weight is 405 g/mol. The smallest absolute Gasteiger partial charge is 0.303 e. The summed E-state index contributed by atoms with van der Waals surface area (Å²) in [5.74, 6) is -0.0891. The molecule has 1 aliphatic rings. The van der Waals surface area contributed by atoms with E-state index in [9.17, 15) is 19.9 Å². The summed E-state index contributed by atoms with van der Waals surface area (Å²) in [4.78, 5) is 24.4. The van der Waals surface area contributed by atoms with Crippen LogP contribution in [-0.4, -0.2) is 60.2 Å². The van der Waals surface area contributed by atoms with E-state index in [1.54, 1.807) is 6.92 Å². The Morgan fingerprint density at radius 3 is 2.21 bits per heavy atom. The number of nitrogens with zero attached hydrogens (tertiary/aromatic N) is 3. The highest BCUT2D eigenvalue weighted by Gasteiger charge is 2.36. The van der Waals surface area contributed by atoms with Crippen LogP contribution in [0.25, 0.3) is 0 Å². The predicted molar refractivity (Wildman–Crippen MR) is 111 cm³/mol. The van der Waals surface area contributed by atoms with Crippen LogP contribution in [0.3, 0.4) is 0 Å². The Bertz CT molecular complexity index is 770. The number of phenols is 1. The summed E-state index contributed by atoms with van der Waals surface area (Å²) in [6.45, 7) is 8.74. The van der Waals surface area contributed by atoms with Crippen molar-refractivity contribution >= 4 is 17.9 Å². The van der Waals surface area contributed by atoms with Crippen LogP contribution in [0.4, 0.5) is 5.69 Å². The Balaban J connectivity index is 0.000000837. The number of anilines is 1. The van der Waals surface area contributed by atoms with Crippen LogP contribution in [0.1, 0.15) is 43.6 Å². The molecule has 0 aliphatic carbocycles. The van der Waals surface area contributed by atoms with Crippen LogP contribution in [0, 0.1) is 17.2 Å². The van der Waals surface area contributed by atoms with E-state index in [0.717, 1.165) is 5.92 Å². The van der Waals surface area contributed by atoms with Gasteiger partial charge in [-0.1, -0.05) is 20.8 Å². The molecule has 1 aromatic rings. The number of hydrogen-bond acceptors (Lipinski definition) is 8. The first-order chi connectivity index (χ1) is 13.5. The SMILES string of the molecule is CC(C)C.CCNC1=C(Nc2cc(C#N)cc(C=O)c2O)C(=O)N1O.CN(C)C. The molecule has 0 aromatic heterocycles. The minimum Gasteiger partial charge on any atom is -0.505 e. The highest BCUT2D eigenvalue weighted by atomic mass is 16.5. The number of nitrogens with one attached hydrogen (secondary N) is 2. The van der Waals surface area contributed by atoms with E-state index in [2.05, 4.69) is 31.4 Å². The molecule has 0 fully saturated rings. The number of rotatable bonds is 5. The molecule has 0 atom stereocenters. The molecular formula is C20H31N5O4. The molecule has 0 saturated heterocycles. The highest BCUT2D eigenvalue weighted by Crippen LogP contribution is 2.32. The maximum Gasteiger partial charge on any atom is 0.303 e. The Kier molecular flexibility index (Phi) is 11.1. The number of hydroxylamine groups is 2. The molecule has 1 amide bonds. The normalized spacial score (nSPS) is 12.3. The number of benzene rings is 1. The first kappa shape index (κ1) is 25.9. The minimum atomic E-state index is -0.694. The van der Waals surface area contributed by atoms with Crippen molar-refractivity contribution in [1.29, 1.82) is 5.26 Å². The van der Waals surface area contributed by atoms with Crippen LogP contribution < -0.4 is 10.6 Å². The topological polar surface area (TPSA) is 129 Å². The van der Waals surface area contributed by atoms with Crippen molar-refractivity contribution in [2.24, 2.45) is 5.92 Å². The third-order valence-electron chi connectivity index (χ3n) is 2.85. The van der Waals surface area contributed by atoms with Crippen LogP contribution in [-0.2, 0) is 4.79 Å². The first-order valence-electron chi connectivity index (χ1n) is 9.11. The fourth-order valence-electron chi connectivity index (χ4n) is 1.85. The molecule has 1 heterocycles. The highest BCUT2D eigenvalue weighted by molar-refractivity contribution is 6.03. The summed E-state index contributed by atoms with van der Waals surface area (Å²) in [6.07, 6.45) is 0.405. The Hall–Kier alpha value is -3.09. The summed E-state index contributed by atoms with van der Waals surface area (Å²) in [5, 5.41) is 34.0. The van der Waals surface area contributed by atoms with Gasteiger partial charge in [0, 0.05) is 6.54 Å². The molecule has 1 aromatic carbocycles. The summed E-state index contributed by atoms with van der Waals surface area (Å²) in [7, 11) is 6.00. The molecule has 0 unspecified atom stereocenters. The summed E-state index contributed by atoms with van der Waals surface area (Å²) in [5.41, 5.74) is 0.134. The standard InChI is InChI=1S/C13H12N4O4.C4H10.C3H9N/c1-2-15-12-10(13(20)17(12)21)16-9-4-7(5-14)3-8(6-18)11(9)19;2*1-4(2)3/h3-4,6,15-16,19,21H,2H2,1H3;4H,1-3H3;1-3H3. The quantitative estimate of drug-likeness (QED) is 0.334. The molecule has 0 bridgehead atoms. The van der Waals surface area contributed by atoms with Gasteiger partial charge in [-0.15, -0.1) is 0 Å². The van der Waals surface area contributed by atoms with Gasteiger partial charge in [0.25, 0.3) is 0 Å². The van der Waals surface area contributed by atoms with Crippen LogP contribution >= 0.6 is 0 Å². The second-order valence-electron chi connectivity index (χ2n) is 7.26. The van der Waals surface area contributed by atoms with E-state index >= 15 is 0 Å². The zero-order valence-electron chi connectivity index (χ0n) is 18.1. The van der Waals surface area contributed by atoms with Gasteiger partial charge in [0.05, 0.1) is 22.9 Å². The molecular weight excluding hydrogens is 374 g/mol. The molecule has 9 nitrogen and oxygen atoms in total. The van der Waals surface area contributed by atoms with Crippen LogP contribution in [0.2, 0.25) is 0 Å². The van der Waals surface area contributed by atoms with E-state index in [-0.39, 0.29) is 34.1 Å². The minimum absolute atomic E-state index is 0.0292. The van der Waals surface area contributed by atoms with Crippen molar-refractivity contribution in [3.05, 3.63) is 34.8 Å². The van der Waals surface area contributed by atoms with E-state index in [4.69, 9.17) is 5.26 Å². The molecule has 0 spiro atoms. The lowest BCUT2D eigenvalue weighted by Crippen LogP contribution is -2.48. The zero-order chi connectivity index (χ0) is 22.7. The third-order valence-corrected chi connectivity index (χ3v) is 2.85. The average Bonchev–Trinajstić information content (AvgIpc) is 2.64. The van der Waals surface area contributed by atoms with Gasteiger partial charge in [-0.2, -0.15) is 10.3 Å². The van der Waals surface area contributed by atoms with E-state index in [1.165, 1.54) is 12.1 Å². The number of carbonyl (C=O) groups is 2. The van der Waals surface area contributed by atoms with Crippen LogP contribution in [0.5, 0.6) is 5.75 Å². The van der Waals surface area contributed by atoms with Gasteiger partial charge in [0.1, 0.15) is 5.75 Å². The Morgan fingerprint density at radius 2 is 1.79 bits per heavy atom. The fourth-order valence-corrected chi connectivity index (χ4v) is 1.85. The second kappa shape index (κ2) is 12.4. The van der Waals surface area contributed by atoms with Gasteiger partial charge in [0.15, 0.2) is 17.8 Å². The second-order valence-corrected chi connectivity index (χ2v) is 7.26. The third kappa shape index (κ3) is 8.21. The summed E-state index contributed by atoms with van der Waals surface area (Å²) >= 11 is 0. The number of aromatic hydroxyl groups is 1. The van der Waals surface area contributed by atoms with Crippen molar-refractivity contribution in [3.8, 4) is 11.8 Å². The molecule has 29 heavy (non-hydrogen) atoms. The number of phenolic OH excluding ortho intramolecular Hbond substituents is 1. The monoisotopic (exact) mass is 405 g/mol. The molecule has 1 aliphatic heterocycles. The van der Waals surface area contributed by atoms with Crippen molar-refractivity contribution in [3.63, 3.8) is 0 Å². The van der Waals surface area contributed by atoms with Crippen LogP contribution in [0.15, 0.2) is 23.7 Å². The van der Waals surface area contributed by atoms with E-state index in [1.807, 2.05) is 32.1 Å². The number of carbonyl (C=O) groups excluding carboxylic acids is 2. The summed E-state index contributed by atoms with van der Waals surface area (Å²) in [6, 6.07) is 4.38. The predicted octanol–water partition coefficient (Wildman–Crippen LogP) is 2.34.